The first-order chi connectivity index (χ1) is 9.11. The molecular formula is C16H19FN2. The van der Waals surface area contributed by atoms with Crippen LogP contribution in [-0.4, -0.2) is 7.05 Å². The van der Waals surface area contributed by atoms with E-state index in [0.717, 1.165) is 17.7 Å². The fraction of sp³-hybridized carbons (Fsp3) is 0.250. The van der Waals surface area contributed by atoms with Gasteiger partial charge in [-0.3, -0.25) is 0 Å². The third-order valence-electron chi connectivity index (χ3n) is 3.32. The van der Waals surface area contributed by atoms with Crippen LogP contribution < -0.4 is 10.6 Å². The maximum atomic E-state index is 13.2. The highest BCUT2D eigenvalue weighted by Crippen LogP contribution is 2.21. The van der Waals surface area contributed by atoms with Gasteiger partial charge in [0.25, 0.3) is 0 Å². The first kappa shape index (κ1) is 13.6. The summed E-state index contributed by atoms with van der Waals surface area (Å²) in [7, 11) is 2.03. The number of rotatable bonds is 4. The molecule has 2 rings (SSSR count). The van der Waals surface area contributed by atoms with Gasteiger partial charge < -0.3 is 10.6 Å². The average molecular weight is 258 g/mol. The molecule has 0 aliphatic heterocycles. The van der Waals surface area contributed by atoms with E-state index in [1.807, 2.05) is 25.2 Å². The summed E-state index contributed by atoms with van der Waals surface area (Å²) < 4.78 is 13.2. The predicted molar refractivity (Wildman–Crippen MR) is 77.6 cm³/mol. The van der Waals surface area contributed by atoms with Crippen LogP contribution in [0.3, 0.4) is 0 Å². The molecule has 2 N–H and O–H groups in total. The van der Waals surface area contributed by atoms with E-state index >= 15 is 0 Å². The molecule has 3 heteroatoms. The molecule has 0 heterocycles. The first-order valence-corrected chi connectivity index (χ1v) is 6.36. The third kappa shape index (κ3) is 3.12. The van der Waals surface area contributed by atoms with Crippen molar-refractivity contribution in [3.63, 3.8) is 0 Å². The van der Waals surface area contributed by atoms with Gasteiger partial charge in [0.2, 0.25) is 0 Å². The number of nitrogens with two attached hydrogens (primary N) is 1. The molecule has 0 radical (unpaired) electrons. The van der Waals surface area contributed by atoms with Gasteiger partial charge in [-0.1, -0.05) is 24.3 Å². The van der Waals surface area contributed by atoms with Crippen LogP contribution in [0, 0.1) is 12.7 Å². The Bertz CT molecular complexity index is 566. The van der Waals surface area contributed by atoms with Crippen molar-refractivity contribution >= 4 is 5.69 Å². The number of para-hydroxylation sites is 1. The fourth-order valence-electron chi connectivity index (χ4n) is 2.27. The molecule has 0 spiro atoms. The zero-order valence-corrected chi connectivity index (χ0v) is 11.4. The van der Waals surface area contributed by atoms with Crippen molar-refractivity contribution in [1.29, 1.82) is 0 Å². The van der Waals surface area contributed by atoms with Gasteiger partial charge in [0, 0.05) is 25.8 Å². The zero-order chi connectivity index (χ0) is 13.8. The molecule has 2 nitrogen and oxygen atoms in total. The van der Waals surface area contributed by atoms with Crippen molar-refractivity contribution in [1.82, 2.24) is 0 Å². The Labute approximate surface area is 113 Å². The quantitative estimate of drug-likeness (QED) is 0.912. The number of hydrogen-bond donors (Lipinski definition) is 1. The Morgan fingerprint density at radius 1 is 1.11 bits per heavy atom. The molecule has 2 aromatic carbocycles. The average Bonchev–Trinajstić information content (AvgIpc) is 2.41. The highest BCUT2D eigenvalue weighted by Gasteiger charge is 2.08. The lowest BCUT2D eigenvalue weighted by molar-refractivity contribution is 0.624. The van der Waals surface area contributed by atoms with Crippen molar-refractivity contribution in [2.75, 3.05) is 11.9 Å². The molecule has 2 aromatic rings. The Morgan fingerprint density at radius 3 is 2.53 bits per heavy atom. The molecule has 0 aliphatic carbocycles. The van der Waals surface area contributed by atoms with E-state index in [0.29, 0.717) is 6.54 Å². The van der Waals surface area contributed by atoms with Crippen molar-refractivity contribution < 1.29 is 4.39 Å². The summed E-state index contributed by atoms with van der Waals surface area (Å²) in [5, 5.41) is 0. The summed E-state index contributed by atoms with van der Waals surface area (Å²) in [6, 6.07) is 13.0. The predicted octanol–water partition coefficient (Wildman–Crippen LogP) is 3.23. The summed E-state index contributed by atoms with van der Waals surface area (Å²) >= 11 is 0. The molecule has 0 atom stereocenters. The summed E-state index contributed by atoms with van der Waals surface area (Å²) in [6.07, 6.45) is 0. The van der Waals surface area contributed by atoms with Gasteiger partial charge in [-0.2, -0.15) is 0 Å². The van der Waals surface area contributed by atoms with Crippen LogP contribution in [0.1, 0.15) is 16.7 Å². The number of aryl methyl sites for hydroxylation is 1. The van der Waals surface area contributed by atoms with Crippen molar-refractivity contribution in [3.8, 4) is 0 Å². The summed E-state index contributed by atoms with van der Waals surface area (Å²) in [4.78, 5) is 2.15. The smallest absolute Gasteiger partial charge is 0.123 e. The highest BCUT2D eigenvalue weighted by molar-refractivity contribution is 5.53. The van der Waals surface area contributed by atoms with Crippen LogP contribution in [-0.2, 0) is 13.1 Å². The molecule has 0 amide bonds. The molecule has 0 aromatic heterocycles. The van der Waals surface area contributed by atoms with Gasteiger partial charge >= 0.3 is 0 Å². The Hall–Kier alpha value is -1.87. The summed E-state index contributed by atoms with van der Waals surface area (Å²) in [5.41, 5.74) is 10.0. The largest absolute Gasteiger partial charge is 0.370 e. The van der Waals surface area contributed by atoms with Gasteiger partial charge in [-0.25, -0.2) is 4.39 Å². The molecule has 19 heavy (non-hydrogen) atoms. The molecular weight excluding hydrogens is 239 g/mol. The number of benzene rings is 2. The number of nitrogens with zero attached hydrogens (tertiary/aromatic N) is 1. The van der Waals surface area contributed by atoms with Crippen LogP contribution in [0.4, 0.5) is 10.1 Å². The number of halogens is 1. The Balaban J connectivity index is 2.24. The minimum Gasteiger partial charge on any atom is -0.370 e. The van der Waals surface area contributed by atoms with Crippen LogP contribution in [0.5, 0.6) is 0 Å². The lowest BCUT2D eigenvalue weighted by Crippen LogP contribution is -2.19. The maximum Gasteiger partial charge on any atom is 0.123 e. The Kier molecular flexibility index (Phi) is 4.17. The van der Waals surface area contributed by atoms with Gasteiger partial charge in [0.15, 0.2) is 0 Å². The second kappa shape index (κ2) is 5.85. The molecule has 100 valence electrons. The first-order valence-electron chi connectivity index (χ1n) is 6.36. The standard InChI is InChI=1S/C16H19FN2/c1-12-5-3-4-6-16(12)19(2)11-13-7-8-15(17)9-14(13)10-18/h3-9H,10-11,18H2,1-2H3. The number of hydrogen-bond acceptors (Lipinski definition) is 2. The number of anilines is 1. The third-order valence-corrected chi connectivity index (χ3v) is 3.32. The van der Waals surface area contributed by atoms with Crippen molar-refractivity contribution in [2.24, 2.45) is 5.73 Å². The molecule has 0 saturated carbocycles. The monoisotopic (exact) mass is 258 g/mol. The second-order valence-corrected chi connectivity index (χ2v) is 4.76. The normalized spacial score (nSPS) is 10.5. The van der Waals surface area contributed by atoms with Crippen molar-refractivity contribution in [3.05, 3.63) is 65.0 Å². The summed E-state index contributed by atoms with van der Waals surface area (Å²) in [5.74, 6) is -0.234. The van der Waals surface area contributed by atoms with E-state index in [9.17, 15) is 4.39 Å². The van der Waals surface area contributed by atoms with Gasteiger partial charge in [0.1, 0.15) is 5.82 Å². The molecule has 0 saturated heterocycles. The van der Waals surface area contributed by atoms with Crippen LogP contribution >= 0.6 is 0 Å². The topological polar surface area (TPSA) is 29.3 Å². The van der Waals surface area contributed by atoms with E-state index in [1.165, 1.54) is 23.4 Å². The van der Waals surface area contributed by atoms with Crippen LogP contribution in [0.15, 0.2) is 42.5 Å². The second-order valence-electron chi connectivity index (χ2n) is 4.76. The highest BCUT2D eigenvalue weighted by atomic mass is 19.1. The van der Waals surface area contributed by atoms with E-state index in [2.05, 4.69) is 24.0 Å². The van der Waals surface area contributed by atoms with Gasteiger partial charge in [-0.05, 0) is 41.8 Å². The zero-order valence-electron chi connectivity index (χ0n) is 11.4. The molecule has 0 fully saturated rings. The lowest BCUT2D eigenvalue weighted by atomic mass is 10.1. The van der Waals surface area contributed by atoms with Gasteiger partial charge in [-0.15, -0.1) is 0 Å². The molecule has 0 bridgehead atoms. The minimum atomic E-state index is -0.234. The van der Waals surface area contributed by atoms with E-state index < -0.39 is 0 Å². The maximum absolute atomic E-state index is 13.2. The minimum absolute atomic E-state index is 0.234. The van der Waals surface area contributed by atoms with Crippen molar-refractivity contribution in [2.45, 2.75) is 20.0 Å². The SMILES string of the molecule is Cc1ccccc1N(C)Cc1ccc(F)cc1CN. The van der Waals surface area contributed by atoms with E-state index in [1.54, 1.807) is 0 Å². The molecule has 0 aliphatic rings. The van der Waals surface area contributed by atoms with Crippen LogP contribution in [0.2, 0.25) is 0 Å². The van der Waals surface area contributed by atoms with Gasteiger partial charge in [0.05, 0.1) is 0 Å². The fourth-order valence-corrected chi connectivity index (χ4v) is 2.27. The van der Waals surface area contributed by atoms with E-state index in [-0.39, 0.29) is 5.82 Å². The van der Waals surface area contributed by atoms with Crippen LogP contribution in [0.25, 0.3) is 0 Å². The van der Waals surface area contributed by atoms with E-state index in [4.69, 9.17) is 5.73 Å². The Morgan fingerprint density at radius 2 is 1.84 bits per heavy atom. The lowest BCUT2D eigenvalue weighted by Gasteiger charge is -2.22. The summed E-state index contributed by atoms with van der Waals surface area (Å²) in [6.45, 7) is 3.16. The molecule has 0 unspecified atom stereocenters.